The topological polar surface area (TPSA) is 37.0 Å². The number of ether oxygens (including phenoxy) is 1. The molecular weight excluding hydrogens is 212 g/mol. The van der Waals surface area contributed by atoms with Crippen molar-refractivity contribution in [1.29, 1.82) is 0 Å². The van der Waals surface area contributed by atoms with Crippen LogP contribution in [0, 0.1) is 0 Å². The Labute approximate surface area is 101 Å². The van der Waals surface area contributed by atoms with Crippen molar-refractivity contribution in [1.82, 2.24) is 10.3 Å². The van der Waals surface area contributed by atoms with Crippen molar-refractivity contribution in [2.24, 2.45) is 0 Å². The molecule has 1 fully saturated rings. The summed E-state index contributed by atoms with van der Waals surface area (Å²) < 4.78 is 5.61. The lowest BCUT2D eigenvalue weighted by Crippen LogP contribution is -2.60. The van der Waals surface area contributed by atoms with Crippen molar-refractivity contribution < 1.29 is 4.74 Å². The second kappa shape index (κ2) is 4.17. The fourth-order valence-electron chi connectivity index (χ4n) is 2.53. The van der Waals surface area contributed by atoms with Crippen LogP contribution in [0.5, 0.6) is 0 Å². The van der Waals surface area contributed by atoms with Gasteiger partial charge in [-0.05, 0) is 24.5 Å². The minimum absolute atomic E-state index is 0.0678. The highest BCUT2D eigenvalue weighted by atomic mass is 16.5. The quantitative estimate of drug-likeness (QED) is 0.844. The van der Waals surface area contributed by atoms with Crippen LogP contribution in [0.3, 0.4) is 0 Å². The second-order valence-corrected chi connectivity index (χ2v) is 4.85. The highest BCUT2D eigenvalue weighted by Crippen LogP contribution is 2.25. The van der Waals surface area contributed by atoms with Crippen LogP contribution in [0.2, 0.25) is 0 Å². The number of benzene rings is 1. The van der Waals surface area contributed by atoms with Crippen molar-refractivity contribution in [3.63, 3.8) is 0 Å². The van der Waals surface area contributed by atoms with E-state index < -0.39 is 0 Å². The molecule has 17 heavy (non-hydrogen) atoms. The van der Waals surface area contributed by atoms with Crippen molar-refractivity contribution in [2.45, 2.75) is 18.4 Å². The number of aryl methyl sites for hydroxylation is 1. The summed E-state index contributed by atoms with van der Waals surface area (Å²) in [6, 6.07) is 8.46. The molecule has 2 N–H and O–H groups in total. The van der Waals surface area contributed by atoms with E-state index in [9.17, 15) is 0 Å². The Morgan fingerprint density at radius 2 is 2.12 bits per heavy atom. The van der Waals surface area contributed by atoms with E-state index in [0.29, 0.717) is 0 Å². The van der Waals surface area contributed by atoms with Gasteiger partial charge in [-0.15, -0.1) is 0 Å². The molecule has 3 nitrogen and oxygen atoms in total. The number of hydrogen-bond acceptors (Lipinski definition) is 2. The van der Waals surface area contributed by atoms with Crippen LogP contribution >= 0.6 is 0 Å². The van der Waals surface area contributed by atoms with Crippen molar-refractivity contribution >= 4 is 10.9 Å². The largest absolute Gasteiger partial charge is 0.376 e. The minimum Gasteiger partial charge on any atom is -0.376 e. The summed E-state index contributed by atoms with van der Waals surface area (Å²) in [5.74, 6) is 0. The summed E-state index contributed by atoms with van der Waals surface area (Å²) in [4.78, 5) is 3.32. The van der Waals surface area contributed by atoms with Gasteiger partial charge >= 0.3 is 0 Å². The smallest absolute Gasteiger partial charge is 0.0929 e. The third kappa shape index (κ3) is 1.85. The number of aromatic amines is 1. The van der Waals surface area contributed by atoms with E-state index in [-0.39, 0.29) is 5.60 Å². The fourth-order valence-corrected chi connectivity index (χ4v) is 2.53. The Morgan fingerprint density at radius 1 is 1.29 bits per heavy atom. The molecule has 0 amide bonds. The summed E-state index contributed by atoms with van der Waals surface area (Å²) in [5, 5.41) is 4.63. The predicted molar refractivity (Wildman–Crippen MR) is 69.2 cm³/mol. The van der Waals surface area contributed by atoms with Gasteiger partial charge in [-0.1, -0.05) is 18.2 Å². The molecule has 1 aromatic carbocycles. The number of rotatable bonds is 4. The molecule has 1 aliphatic heterocycles. The maximum absolute atomic E-state index is 5.61. The zero-order chi connectivity index (χ0) is 11.7. The summed E-state index contributed by atoms with van der Waals surface area (Å²) >= 11 is 0. The highest BCUT2D eigenvalue weighted by Gasteiger charge is 2.36. The molecule has 90 valence electrons. The molecule has 0 unspecified atom stereocenters. The predicted octanol–water partition coefficient (Wildman–Crippen LogP) is 2.09. The molecule has 0 bridgehead atoms. The lowest BCUT2D eigenvalue weighted by atomic mass is 9.89. The minimum atomic E-state index is 0.0678. The highest BCUT2D eigenvalue weighted by molar-refractivity contribution is 5.83. The van der Waals surface area contributed by atoms with Crippen molar-refractivity contribution in [2.75, 3.05) is 20.2 Å². The van der Waals surface area contributed by atoms with E-state index >= 15 is 0 Å². The summed E-state index contributed by atoms with van der Waals surface area (Å²) in [5.41, 5.74) is 2.68. The number of aromatic nitrogens is 1. The molecule has 1 saturated heterocycles. The van der Waals surface area contributed by atoms with Crippen LogP contribution in [0.15, 0.2) is 30.5 Å². The van der Waals surface area contributed by atoms with E-state index in [2.05, 4.69) is 40.8 Å². The van der Waals surface area contributed by atoms with Gasteiger partial charge in [0.15, 0.2) is 0 Å². The second-order valence-electron chi connectivity index (χ2n) is 4.85. The number of methoxy groups -OCH3 is 1. The van der Waals surface area contributed by atoms with E-state index in [1.165, 1.54) is 16.5 Å². The van der Waals surface area contributed by atoms with Gasteiger partial charge in [0.05, 0.1) is 5.60 Å². The zero-order valence-corrected chi connectivity index (χ0v) is 10.1. The molecule has 2 aromatic rings. The van der Waals surface area contributed by atoms with E-state index in [4.69, 9.17) is 4.74 Å². The van der Waals surface area contributed by atoms with Crippen LogP contribution in [-0.2, 0) is 11.2 Å². The number of hydrogen-bond donors (Lipinski definition) is 2. The van der Waals surface area contributed by atoms with Gasteiger partial charge in [-0.2, -0.15) is 0 Å². The monoisotopic (exact) mass is 230 g/mol. The van der Waals surface area contributed by atoms with Crippen molar-refractivity contribution in [3.8, 4) is 0 Å². The third-order valence-corrected chi connectivity index (χ3v) is 3.85. The summed E-state index contributed by atoms with van der Waals surface area (Å²) in [6.45, 7) is 1.96. The van der Waals surface area contributed by atoms with Crippen LogP contribution in [0.1, 0.15) is 12.0 Å². The van der Waals surface area contributed by atoms with Gasteiger partial charge in [0.25, 0.3) is 0 Å². The lowest BCUT2D eigenvalue weighted by Gasteiger charge is -2.41. The Balaban J connectivity index is 1.77. The molecule has 3 heteroatoms. The van der Waals surface area contributed by atoms with Gasteiger partial charge in [0.1, 0.15) is 0 Å². The normalized spacial score (nSPS) is 18.2. The molecule has 0 atom stereocenters. The number of H-pyrrole nitrogens is 1. The fraction of sp³-hybridized carbons (Fsp3) is 0.429. The SMILES string of the molecule is COC1(CCc2c[nH]c3ccccc23)CNC1. The summed E-state index contributed by atoms with van der Waals surface area (Å²) in [6.07, 6.45) is 4.28. The van der Waals surface area contributed by atoms with Crippen molar-refractivity contribution in [3.05, 3.63) is 36.0 Å². The first kappa shape index (κ1) is 10.8. The van der Waals surface area contributed by atoms with Gasteiger partial charge in [-0.25, -0.2) is 0 Å². The van der Waals surface area contributed by atoms with Crippen LogP contribution in [0.25, 0.3) is 10.9 Å². The molecule has 2 heterocycles. The summed E-state index contributed by atoms with van der Waals surface area (Å²) in [7, 11) is 1.82. The van der Waals surface area contributed by atoms with Gasteiger partial charge in [-0.3, -0.25) is 0 Å². The maximum atomic E-state index is 5.61. The molecule has 0 spiro atoms. The van der Waals surface area contributed by atoms with E-state index in [0.717, 1.165) is 25.9 Å². The number of para-hydroxylation sites is 1. The molecular formula is C14H18N2O. The first-order chi connectivity index (χ1) is 8.33. The van der Waals surface area contributed by atoms with E-state index in [1.807, 2.05) is 7.11 Å². The van der Waals surface area contributed by atoms with Crippen LogP contribution < -0.4 is 5.32 Å². The van der Waals surface area contributed by atoms with Gasteiger partial charge in [0.2, 0.25) is 0 Å². The Hall–Kier alpha value is -1.32. The Bertz CT molecular complexity index is 508. The van der Waals surface area contributed by atoms with Crippen LogP contribution in [-0.4, -0.2) is 30.8 Å². The first-order valence-electron chi connectivity index (χ1n) is 6.14. The molecule has 3 rings (SSSR count). The third-order valence-electron chi connectivity index (χ3n) is 3.85. The van der Waals surface area contributed by atoms with Gasteiger partial charge in [0, 0.05) is 37.3 Å². The lowest BCUT2D eigenvalue weighted by molar-refractivity contribution is -0.0566. The Morgan fingerprint density at radius 3 is 2.82 bits per heavy atom. The van der Waals surface area contributed by atoms with E-state index in [1.54, 1.807) is 0 Å². The molecule has 0 saturated carbocycles. The zero-order valence-electron chi connectivity index (χ0n) is 10.1. The number of nitrogens with one attached hydrogen (secondary N) is 2. The molecule has 1 aliphatic rings. The molecule has 1 aromatic heterocycles. The molecule has 0 radical (unpaired) electrons. The van der Waals surface area contributed by atoms with Gasteiger partial charge < -0.3 is 15.0 Å². The van der Waals surface area contributed by atoms with Crippen LogP contribution in [0.4, 0.5) is 0 Å². The maximum Gasteiger partial charge on any atom is 0.0929 e. The average Bonchev–Trinajstić information content (AvgIpc) is 2.72. The first-order valence-corrected chi connectivity index (χ1v) is 6.14. The molecule has 0 aliphatic carbocycles. The Kier molecular flexibility index (Phi) is 2.65. The number of fused-ring (bicyclic) bond motifs is 1. The average molecular weight is 230 g/mol. The standard InChI is InChI=1S/C14H18N2O/c1-17-14(9-15-10-14)7-6-11-8-16-13-5-3-2-4-12(11)13/h2-5,8,15-16H,6-7,9-10H2,1H3.